The van der Waals surface area contributed by atoms with Gasteiger partial charge in [-0.15, -0.1) is 0 Å². The summed E-state index contributed by atoms with van der Waals surface area (Å²) in [5, 5.41) is 10.5. The van der Waals surface area contributed by atoms with Crippen molar-refractivity contribution in [1.29, 1.82) is 0 Å². The molecule has 0 unspecified atom stereocenters. The van der Waals surface area contributed by atoms with Crippen LogP contribution in [0.25, 0.3) is 22.6 Å². The molecule has 2 aromatic carbocycles. The summed E-state index contributed by atoms with van der Waals surface area (Å²) in [5.74, 6) is 1.72. The van der Waals surface area contributed by atoms with Crippen molar-refractivity contribution in [2.45, 2.75) is 18.4 Å². The number of nitrogens with zero attached hydrogens (tertiary/aromatic N) is 4. The molecule has 0 atom stereocenters. The first-order chi connectivity index (χ1) is 18.3. The van der Waals surface area contributed by atoms with Gasteiger partial charge in [-0.05, 0) is 55.0 Å². The number of aromatic nitrogens is 4. The number of ether oxygens (including phenoxy) is 1. The topological polar surface area (TPSA) is 126 Å². The summed E-state index contributed by atoms with van der Waals surface area (Å²) in [5.41, 5.74) is 5.03. The quantitative estimate of drug-likeness (QED) is 0.224. The third-order valence-electron chi connectivity index (χ3n) is 6.48. The smallest absolute Gasteiger partial charge is 0.326 e. The van der Waals surface area contributed by atoms with Crippen LogP contribution in [0.1, 0.15) is 16.8 Å². The van der Waals surface area contributed by atoms with Crippen LogP contribution in [0.15, 0.2) is 72.9 Å². The molecule has 0 aliphatic carbocycles. The van der Waals surface area contributed by atoms with Crippen LogP contribution in [-0.4, -0.2) is 41.4 Å². The molecule has 0 spiro atoms. The Hall–Kier alpha value is -4.32. The van der Waals surface area contributed by atoms with Crippen molar-refractivity contribution < 1.29 is 18.6 Å². The zero-order chi connectivity index (χ0) is 26.4. The largest absolute Gasteiger partial charge is 0.497 e. The molecule has 11 heteroatoms. The van der Waals surface area contributed by atoms with Crippen LogP contribution in [0.3, 0.4) is 0 Å². The number of hydrogen-bond acceptors (Lipinski definition) is 6. The van der Waals surface area contributed by atoms with Gasteiger partial charge in [-0.3, -0.25) is 24.1 Å². The molecule has 4 heterocycles. The highest BCUT2D eigenvalue weighted by atomic mass is 32.3. The monoisotopic (exact) mass is 530 g/mol. The lowest BCUT2D eigenvalue weighted by molar-refractivity contribution is 0.262. The Kier molecular flexibility index (Phi) is 5.83. The lowest BCUT2D eigenvalue weighted by Gasteiger charge is -2.25. The van der Waals surface area contributed by atoms with Gasteiger partial charge < -0.3 is 4.74 Å². The lowest BCUT2D eigenvalue weighted by Crippen LogP contribution is -2.23. The summed E-state index contributed by atoms with van der Waals surface area (Å²) in [7, 11) is -1.22. The number of para-hydroxylation sites is 1. The summed E-state index contributed by atoms with van der Waals surface area (Å²) in [4.78, 5) is 18.3. The second-order valence-corrected chi connectivity index (χ2v) is 11.3. The van der Waals surface area contributed by atoms with Gasteiger partial charge in [0.05, 0.1) is 30.0 Å². The molecule has 2 amide bonds. The Morgan fingerprint density at radius 1 is 0.974 bits per heavy atom. The minimum absolute atomic E-state index is 0.0384. The van der Waals surface area contributed by atoms with Crippen LogP contribution in [0.4, 0.5) is 16.4 Å². The number of rotatable bonds is 5. The number of amides is 2. The van der Waals surface area contributed by atoms with Gasteiger partial charge in [0, 0.05) is 17.3 Å². The molecule has 0 radical (unpaired) electrons. The number of hydrogen-bond donors (Lipinski definition) is 4. The molecule has 4 N–H and O–H groups in total. The molecule has 3 aromatic heterocycles. The normalized spacial score (nSPS) is 14.7. The Balaban J connectivity index is 1.39. The molecule has 0 bridgehead atoms. The van der Waals surface area contributed by atoms with E-state index in [1.807, 2.05) is 84.3 Å². The summed E-state index contributed by atoms with van der Waals surface area (Å²) in [6.45, 7) is 1.96. The van der Waals surface area contributed by atoms with Crippen LogP contribution in [0.2, 0.25) is 0 Å². The number of carbonyl (C=O) groups excluding carboxylic acids is 1. The summed E-state index contributed by atoms with van der Waals surface area (Å²) < 4.78 is 29.4. The van der Waals surface area contributed by atoms with E-state index in [0.29, 0.717) is 28.6 Å². The molecule has 1 aliphatic rings. The Morgan fingerprint density at radius 3 is 2.45 bits per heavy atom. The predicted octanol–water partition coefficient (Wildman–Crippen LogP) is 5.91. The number of imidazole rings is 1. The van der Waals surface area contributed by atoms with Crippen LogP contribution >= 0.6 is 10.6 Å². The summed E-state index contributed by atoms with van der Waals surface area (Å²) in [6.07, 6.45) is 1.85. The van der Waals surface area contributed by atoms with Gasteiger partial charge in [-0.2, -0.15) is 15.7 Å². The second-order valence-electron chi connectivity index (χ2n) is 9.11. The minimum atomic E-state index is -2.82. The number of aryl methyl sites for hydroxylation is 1. The second kappa shape index (κ2) is 9.21. The first kappa shape index (κ1) is 24.0. The zero-order valence-electron chi connectivity index (χ0n) is 20.8. The number of methoxy groups -OCH3 is 1. The number of nitrogens with one attached hydrogen (secondary N) is 2. The van der Waals surface area contributed by atoms with Crippen molar-refractivity contribution in [2.75, 3.05) is 17.7 Å². The molecule has 0 saturated carbocycles. The maximum absolute atomic E-state index is 13.5. The first-order valence-electron chi connectivity index (χ1n) is 11.9. The van der Waals surface area contributed by atoms with Crippen LogP contribution in [0.5, 0.6) is 5.75 Å². The SMILES string of the molecule is COc1ccc(-c2nc3c(C)cccn3c2NC(=O)Nc2c3c(nn2-c2ccccc2)CS(O)(O)C3)cc1. The van der Waals surface area contributed by atoms with Crippen molar-refractivity contribution in [3.8, 4) is 22.7 Å². The maximum atomic E-state index is 13.5. The number of carbonyl (C=O) groups is 1. The molecular formula is C27H26N6O4S. The standard InChI is InChI=1S/C27H26N6O4S/c1-17-7-6-14-32-24(17)28-23(18-10-12-20(37-2)13-11-18)26(32)30-27(34)29-25-21-15-38(35,36)16-22(21)31-33(25)19-8-4-3-5-9-19/h3-14,35-36H,15-16H2,1-2H3,(H2,29,30,34). The van der Waals surface area contributed by atoms with Crippen LogP contribution in [0, 0.1) is 6.92 Å². The zero-order valence-corrected chi connectivity index (χ0v) is 21.6. The molecule has 10 nitrogen and oxygen atoms in total. The van der Waals surface area contributed by atoms with Crippen LogP contribution in [-0.2, 0) is 11.5 Å². The molecule has 1 aliphatic heterocycles. The van der Waals surface area contributed by atoms with Gasteiger partial charge in [-0.25, -0.2) is 14.5 Å². The van der Waals surface area contributed by atoms with E-state index in [9.17, 15) is 13.9 Å². The fourth-order valence-corrected chi connectivity index (χ4v) is 6.21. The first-order valence-corrected chi connectivity index (χ1v) is 13.8. The third-order valence-corrected chi connectivity index (χ3v) is 7.97. The van der Waals surface area contributed by atoms with E-state index in [2.05, 4.69) is 15.7 Å². The average molecular weight is 531 g/mol. The van der Waals surface area contributed by atoms with Gasteiger partial charge in [0.25, 0.3) is 0 Å². The number of pyridine rings is 1. The number of fused-ring (bicyclic) bond motifs is 2. The van der Waals surface area contributed by atoms with E-state index >= 15 is 0 Å². The predicted molar refractivity (Wildman–Crippen MR) is 148 cm³/mol. The van der Waals surface area contributed by atoms with Gasteiger partial charge in [-0.1, -0.05) is 24.3 Å². The van der Waals surface area contributed by atoms with Gasteiger partial charge >= 0.3 is 6.03 Å². The molecule has 38 heavy (non-hydrogen) atoms. The van der Waals surface area contributed by atoms with Gasteiger partial charge in [0.1, 0.15) is 28.7 Å². The highest BCUT2D eigenvalue weighted by molar-refractivity contribution is 8.23. The minimum Gasteiger partial charge on any atom is -0.497 e. The summed E-state index contributed by atoms with van der Waals surface area (Å²) in [6, 6.07) is 20.2. The number of urea groups is 1. The third kappa shape index (κ3) is 4.26. The summed E-state index contributed by atoms with van der Waals surface area (Å²) >= 11 is 0. The molecule has 5 aromatic rings. The Bertz CT molecular complexity index is 1660. The van der Waals surface area contributed by atoms with E-state index in [4.69, 9.17) is 9.72 Å². The highest BCUT2D eigenvalue weighted by Crippen LogP contribution is 2.54. The van der Waals surface area contributed by atoms with Crippen molar-refractivity contribution in [2.24, 2.45) is 0 Å². The fraction of sp³-hybridized carbons (Fsp3) is 0.148. The van der Waals surface area contributed by atoms with Crippen LogP contribution < -0.4 is 15.4 Å². The fourth-order valence-electron chi connectivity index (χ4n) is 4.67. The van der Waals surface area contributed by atoms with Crippen molar-refractivity contribution >= 4 is 33.9 Å². The van der Waals surface area contributed by atoms with Crippen molar-refractivity contribution in [1.82, 2.24) is 19.2 Å². The van der Waals surface area contributed by atoms with Crippen molar-refractivity contribution in [3.05, 3.63) is 89.7 Å². The highest BCUT2D eigenvalue weighted by Gasteiger charge is 2.33. The molecule has 0 saturated heterocycles. The van der Waals surface area contributed by atoms with E-state index in [-0.39, 0.29) is 11.5 Å². The molecule has 0 fully saturated rings. The van der Waals surface area contributed by atoms with E-state index in [1.165, 1.54) is 0 Å². The van der Waals surface area contributed by atoms with Gasteiger partial charge in [0.2, 0.25) is 0 Å². The van der Waals surface area contributed by atoms with E-state index < -0.39 is 16.6 Å². The van der Waals surface area contributed by atoms with Gasteiger partial charge in [0.15, 0.2) is 0 Å². The maximum Gasteiger partial charge on any atom is 0.326 e. The molecule has 6 rings (SSSR count). The lowest BCUT2D eigenvalue weighted by atomic mass is 10.1. The Labute approximate surface area is 220 Å². The molecular weight excluding hydrogens is 504 g/mol. The number of anilines is 2. The average Bonchev–Trinajstić information content (AvgIpc) is 3.54. The Morgan fingerprint density at radius 2 is 1.71 bits per heavy atom. The van der Waals surface area contributed by atoms with E-state index in [1.54, 1.807) is 11.8 Å². The molecule has 194 valence electrons. The van der Waals surface area contributed by atoms with Crippen molar-refractivity contribution in [3.63, 3.8) is 0 Å². The van der Waals surface area contributed by atoms with E-state index in [0.717, 1.165) is 28.2 Å². The number of benzene rings is 2.